The molecule has 0 aromatic heterocycles. The number of nitrogens with one attached hydrogen (secondary N) is 2. The van der Waals surface area contributed by atoms with Gasteiger partial charge in [-0.25, -0.2) is 4.79 Å². The number of amides is 3. The third-order valence-corrected chi connectivity index (χ3v) is 2.67. The molecule has 0 bridgehead atoms. The van der Waals surface area contributed by atoms with Gasteiger partial charge in [-0.05, 0) is 18.9 Å². The molecule has 19 heavy (non-hydrogen) atoms. The maximum atomic E-state index is 11.5. The number of aliphatic hydroxyl groups excluding tert-OH is 1. The predicted octanol–water partition coefficient (Wildman–Crippen LogP) is -0.237. The lowest BCUT2D eigenvalue weighted by Gasteiger charge is -2.20. The van der Waals surface area contributed by atoms with Gasteiger partial charge in [-0.15, -0.1) is 0 Å². The Balaban J connectivity index is 2.52. The lowest BCUT2D eigenvalue weighted by atomic mass is 10.1. The van der Waals surface area contributed by atoms with Crippen LogP contribution in [-0.2, 0) is 11.2 Å². The van der Waals surface area contributed by atoms with E-state index < -0.39 is 18.0 Å². The van der Waals surface area contributed by atoms with Crippen LogP contribution in [0, 0.1) is 0 Å². The second-order valence-electron chi connectivity index (χ2n) is 4.31. The molecule has 0 fully saturated rings. The number of carbonyl (C=O) groups is 2. The van der Waals surface area contributed by atoms with Crippen LogP contribution < -0.4 is 16.4 Å². The fourth-order valence-electron chi connectivity index (χ4n) is 1.73. The highest BCUT2D eigenvalue weighted by Gasteiger charge is 2.18. The Kier molecular flexibility index (Phi) is 5.98. The van der Waals surface area contributed by atoms with Crippen molar-refractivity contribution in [3.05, 3.63) is 35.9 Å². The molecule has 0 heterocycles. The van der Waals surface area contributed by atoms with Crippen LogP contribution in [0.25, 0.3) is 0 Å². The van der Waals surface area contributed by atoms with Crippen molar-refractivity contribution >= 4 is 11.9 Å². The zero-order valence-electron chi connectivity index (χ0n) is 10.8. The van der Waals surface area contributed by atoms with Crippen LogP contribution in [0.2, 0.25) is 0 Å². The summed E-state index contributed by atoms with van der Waals surface area (Å²) in [5.41, 5.74) is 5.92. The Morgan fingerprint density at radius 3 is 2.47 bits per heavy atom. The van der Waals surface area contributed by atoms with Gasteiger partial charge in [-0.1, -0.05) is 30.3 Å². The first-order valence-corrected chi connectivity index (χ1v) is 6.04. The van der Waals surface area contributed by atoms with E-state index in [0.29, 0.717) is 6.42 Å². The monoisotopic (exact) mass is 265 g/mol. The summed E-state index contributed by atoms with van der Waals surface area (Å²) in [7, 11) is 0. The summed E-state index contributed by atoms with van der Waals surface area (Å²) in [6.07, 6.45) is 0.589. The van der Waals surface area contributed by atoms with Crippen molar-refractivity contribution in [1.29, 1.82) is 0 Å². The topological polar surface area (TPSA) is 104 Å². The fraction of sp³-hybridized carbons (Fsp3) is 0.385. The van der Waals surface area contributed by atoms with Crippen LogP contribution in [0.15, 0.2) is 30.3 Å². The molecule has 0 saturated carbocycles. The number of nitrogens with two attached hydrogens (primary N) is 1. The normalized spacial score (nSPS) is 13.6. The smallest absolute Gasteiger partial charge is 0.318 e. The molecular weight excluding hydrogens is 246 g/mol. The van der Waals surface area contributed by atoms with E-state index in [2.05, 4.69) is 5.32 Å². The van der Waals surface area contributed by atoms with Gasteiger partial charge in [0.2, 0.25) is 5.91 Å². The highest BCUT2D eigenvalue weighted by Crippen LogP contribution is 2.03. The molecule has 2 unspecified atom stereocenters. The number of carbonyl (C=O) groups excluding carboxylic acids is 2. The number of urea groups is 1. The van der Waals surface area contributed by atoms with Crippen LogP contribution in [0.4, 0.5) is 4.79 Å². The third kappa shape index (κ3) is 5.50. The molecule has 1 aromatic rings. The predicted molar refractivity (Wildman–Crippen MR) is 71.3 cm³/mol. The van der Waals surface area contributed by atoms with Crippen molar-refractivity contribution in [2.75, 3.05) is 6.61 Å². The van der Waals surface area contributed by atoms with E-state index in [0.717, 1.165) is 5.56 Å². The van der Waals surface area contributed by atoms with Gasteiger partial charge >= 0.3 is 6.03 Å². The second-order valence-corrected chi connectivity index (χ2v) is 4.31. The zero-order chi connectivity index (χ0) is 14.3. The van der Waals surface area contributed by atoms with Crippen molar-refractivity contribution in [3.63, 3.8) is 0 Å². The average molecular weight is 265 g/mol. The van der Waals surface area contributed by atoms with Crippen LogP contribution in [-0.4, -0.2) is 35.7 Å². The van der Waals surface area contributed by atoms with Crippen LogP contribution in [0.3, 0.4) is 0 Å². The Bertz CT molecular complexity index is 422. The third-order valence-electron chi connectivity index (χ3n) is 2.67. The van der Waals surface area contributed by atoms with Gasteiger partial charge in [0.25, 0.3) is 0 Å². The number of imide groups is 1. The van der Waals surface area contributed by atoms with Gasteiger partial charge in [-0.2, -0.15) is 0 Å². The van der Waals surface area contributed by atoms with Crippen molar-refractivity contribution in [2.45, 2.75) is 25.4 Å². The van der Waals surface area contributed by atoms with Crippen molar-refractivity contribution < 1.29 is 14.7 Å². The van der Waals surface area contributed by atoms with E-state index in [9.17, 15) is 14.7 Å². The molecule has 2 atom stereocenters. The van der Waals surface area contributed by atoms with Crippen LogP contribution in [0.5, 0.6) is 0 Å². The number of primary amides is 1. The molecule has 0 aliphatic rings. The minimum absolute atomic E-state index is 0.108. The molecule has 1 aromatic carbocycles. The summed E-state index contributed by atoms with van der Waals surface area (Å²) in [5, 5.41) is 14.3. The van der Waals surface area contributed by atoms with E-state index in [1.807, 2.05) is 35.6 Å². The van der Waals surface area contributed by atoms with Gasteiger partial charge in [0, 0.05) is 6.04 Å². The largest absolute Gasteiger partial charge is 0.395 e. The summed E-state index contributed by atoms with van der Waals surface area (Å²) in [6, 6.07) is 7.84. The Morgan fingerprint density at radius 2 is 1.95 bits per heavy atom. The van der Waals surface area contributed by atoms with Crippen molar-refractivity contribution in [1.82, 2.24) is 10.6 Å². The summed E-state index contributed by atoms with van der Waals surface area (Å²) >= 11 is 0. The quantitative estimate of drug-likeness (QED) is 0.570. The van der Waals surface area contributed by atoms with E-state index in [4.69, 9.17) is 5.73 Å². The maximum Gasteiger partial charge on any atom is 0.318 e. The molecule has 6 heteroatoms. The van der Waals surface area contributed by atoms with Crippen molar-refractivity contribution in [3.8, 4) is 0 Å². The van der Waals surface area contributed by atoms with Gasteiger partial charge < -0.3 is 16.2 Å². The minimum atomic E-state index is -0.887. The first-order valence-electron chi connectivity index (χ1n) is 6.04. The molecule has 6 nitrogen and oxygen atoms in total. The highest BCUT2D eigenvalue weighted by atomic mass is 16.3. The molecule has 0 aliphatic carbocycles. The van der Waals surface area contributed by atoms with Gasteiger partial charge in [0.05, 0.1) is 12.6 Å². The molecule has 0 radical (unpaired) electrons. The number of hydrogen-bond donors (Lipinski definition) is 4. The van der Waals surface area contributed by atoms with Crippen LogP contribution in [0.1, 0.15) is 12.5 Å². The lowest BCUT2D eigenvalue weighted by Crippen LogP contribution is -2.50. The number of benzene rings is 1. The Labute approximate surface area is 112 Å². The molecule has 1 rings (SSSR count). The summed E-state index contributed by atoms with van der Waals surface area (Å²) in [4.78, 5) is 22.1. The molecule has 104 valence electrons. The summed E-state index contributed by atoms with van der Waals surface area (Å²) in [6.45, 7) is 1.50. The van der Waals surface area contributed by atoms with E-state index in [1.54, 1.807) is 6.92 Å². The second kappa shape index (κ2) is 7.50. The Hall–Kier alpha value is -1.92. The first-order chi connectivity index (χ1) is 9.02. The van der Waals surface area contributed by atoms with Crippen LogP contribution >= 0.6 is 0 Å². The molecular formula is C13H19N3O3. The van der Waals surface area contributed by atoms with Gasteiger partial charge in [0.1, 0.15) is 0 Å². The standard InChI is InChI=1S/C13H19N3O3/c1-9(12(18)16-13(14)19)15-11(8-17)7-10-5-3-2-4-6-10/h2-6,9,11,15,17H,7-8H2,1H3,(H3,14,16,18,19). The van der Waals surface area contributed by atoms with Gasteiger partial charge in [-0.3, -0.25) is 10.1 Å². The molecule has 5 N–H and O–H groups in total. The first kappa shape index (κ1) is 15.1. The molecule has 0 saturated heterocycles. The van der Waals surface area contributed by atoms with E-state index in [1.165, 1.54) is 0 Å². The summed E-state index contributed by atoms with van der Waals surface area (Å²) in [5.74, 6) is -0.515. The molecule has 0 spiro atoms. The van der Waals surface area contributed by atoms with Crippen molar-refractivity contribution in [2.24, 2.45) is 5.73 Å². The van der Waals surface area contributed by atoms with E-state index in [-0.39, 0.29) is 12.6 Å². The zero-order valence-corrected chi connectivity index (χ0v) is 10.8. The Morgan fingerprint density at radius 1 is 1.32 bits per heavy atom. The SMILES string of the molecule is CC(NC(CO)Cc1ccccc1)C(=O)NC(N)=O. The lowest BCUT2D eigenvalue weighted by molar-refractivity contribution is -0.121. The van der Waals surface area contributed by atoms with Gasteiger partial charge in [0.15, 0.2) is 0 Å². The fourth-order valence-corrected chi connectivity index (χ4v) is 1.73. The molecule has 0 aliphatic heterocycles. The van der Waals surface area contributed by atoms with E-state index >= 15 is 0 Å². The maximum absolute atomic E-state index is 11.5. The number of aliphatic hydroxyl groups is 1. The summed E-state index contributed by atoms with van der Waals surface area (Å²) < 4.78 is 0. The highest BCUT2D eigenvalue weighted by molar-refractivity contribution is 5.96. The minimum Gasteiger partial charge on any atom is -0.395 e. The number of rotatable bonds is 6. The number of hydrogen-bond acceptors (Lipinski definition) is 4. The average Bonchev–Trinajstić information content (AvgIpc) is 2.38. The molecule has 3 amide bonds.